The van der Waals surface area contributed by atoms with E-state index in [1.807, 2.05) is 0 Å². The number of hydrogen-bond donors (Lipinski definition) is 2. The van der Waals surface area contributed by atoms with Gasteiger partial charge in [0.1, 0.15) is 5.60 Å². The second-order valence-corrected chi connectivity index (χ2v) is 7.43. The number of aliphatic hydroxyl groups is 1. The third-order valence-electron chi connectivity index (χ3n) is 2.41. The molecule has 1 amide bonds. The molecule has 0 aliphatic carbocycles. The Kier molecular flexibility index (Phi) is 4.03. The molecule has 1 fully saturated rings. The van der Waals surface area contributed by atoms with Crippen molar-refractivity contribution in [3.63, 3.8) is 0 Å². The number of alkyl carbamates (subject to hydrolysis) is 1. The summed E-state index contributed by atoms with van der Waals surface area (Å²) >= 11 is 0. The Balaban J connectivity index is 2.60. The first kappa shape index (κ1) is 14.2. The molecule has 0 saturated carbocycles. The van der Waals surface area contributed by atoms with Crippen LogP contribution in [0.2, 0.25) is 0 Å². The van der Waals surface area contributed by atoms with Gasteiger partial charge in [0.15, 0.2) is 9.84 Å². The number of rotatable bonds is 2. The molecular weight excluding hydrogens is 246 g/mol. The molecule has 1 aliphatic rings. The number of ether oxygens (including phenoxy) is 1. The lowest BCUT2D eigenvalue weighted by Crippen LogP contribution is -2.43. The van der Waals surface area contributed by atoms with E-state index in [-0.39, 0.29) is 18.1 Å². The van der Waals surface area contributed by atoms with E-state index in [0.29, 0.717) is 0 Å². The van der Waals surface area contributed by atoms with E-state index < -0.39 is 33.5 Å². The predicted octanol–water partition coefficient (Wildman–Crippen LogP) is -0.0834. The second kappa shape index (κ2) is 4.81. The molecule has 0 aromatic rings. The molecule has 0 bridgehead atoms. The van der Waals surface area contributed by atoms with Crippen LogP contribution in [-0.2, 0) is 14.6 Å². The summed E-state index contributed by atoms with van der Waals surface area (Å²) in [5.41, 5.74) is -0.629. The van der Waals surface area contributed by atoms with Gasteiger partial charge in [0.05, 0.1) is 17.5 Å². The minimum absolute atomic E-state index is 0.0933. The van der Waals surface area contributed by atoms with Gasteiger partial charge in [-0.15, -0.1) is 0 Å². The molecular formula is C10H19NO5S. The van der Waals surface area contributed by atoms with Gasteiger partial charge in [-0.3, -0.25) is 0 Å². The highest BCUT2D eigenvalue weighted by atomic mass is 32.2. The van der Waals surface area contributed by atoms with Gasteiger partial charge in [0.2, 0.25) is 0 Å². The van der Waals surface area contributed by atoms with Crippen molar-refractivity contribution in [2.75, 3.05) is 18.1 Å². The Morgan fingerprint density at radius 3 is 2.47 bits per heavy atom. The maximum Gasteiger partial charge on any atom is 0.407 e. The molecule has 2 N–H and O–H groups in total. The molecule has 1 saturated heterocycles. The fourth-order valence-corrected chi connectivity index (χ4v) is 3.75. The van der Waals surface area contributed by atoms with Crippen molar-refractivity contribution >= 4 is 15.9 Å². The van der Waals surface area contributed by atoms with Crippen LogP contribution in [0.25, 0.3) is 0 Å². The van der Waals surface area contributed by atoms with E-state index in [9.17, 15) is 13.2 Å². The minimum Gasteiger partial charge on any atom is -0.444 e. The molecule has 6 nitrogen and oxygen atoms in total. The topological polar surface area (TPSA) is 92.7 Å². The quantitative estimate of drug-likeness (QED) is 0.728. The van der Waals surface area contributed by atoms with Crippen molar-refractivity contribution in [3.8, 4) is 0 Å². The highest BCUT2D eigenvalue weighted by molar-refractivity contribution is 7.91. The van der Waals surface area contributed by atoms with Crippen molar-refractivity contribution in [1.29, 1.82) is 0 Å². The van der Waals surface area contributed by atoms with Crippen LogP contribution in [0.15, 0.2) is 0 Å². The van der Waals surface area contributed by atoms with Crippen molar-refractivity contribution in [2.45, 2.75) is 32.4 Å². The number of aliphatic hydroxyl groups excluding tert-OH is 1. The molecule has 1 aliphatic heterocycles. The summed E-state index contributed by atoms with van der Waals surface area (Å²) in [6.45, 7) is 4.91. The second-order valence-electron chi connectivity index (χ2n) is 5.27. The van der Waals surface area contributed by atoms with Crippen molar-refractivity contribution in [2.24, 2.45) is 5.92 Å². The first-order valence-corrected chi connectivity index (χ1v) is 7.26. The average Bonchev–Trinajstić information content (AvgIpc) is 2.36. The maximum absolute atomic E-state index is 11.5. The van der Waals surface area contributed by atoms with Crippen LogP contribution in [0.5, 0.6) is 0 Å². The molecule has 0 aromatic carbocycles. The average molecular weight is 265 g/mol. The van der Waals surface area contributed by atoms with E-state index in [0.717, 1.165) is 0 Å². The molecule has 17 heavy (non-hydrogen) atoms. The molecule has 1 rings (SSSR count). The monoisotopic (exact) mass is 265 g/mol. The van der Waals surface area contributed by atoms with Gasteiger partial charge in [-0.2, -0.15) is 0 Å². The van der Waals surface area contributed by atoms with Gasteiger partial charge < -0.3 is 15.2 Å². The minimum atomic E-state index is -3.18. The van der Waals surface area contributed by atoms with E-state index in [4.69, 9.17) is 9.84 Å². The lowest BCUT2D eigenvalue weighted by molar-refractivity contribution is 0.0489. The largest absolute Gasteiger partial charge is 0.444 e. The first-order chi connectivity index (χ1) is 7.63. The van der Waals surface area contributed by atoms with Gasteiger partial charge in [0, 0.05) is 12.5 Å². The van der Waals surface area contributed by atoms with Crippen LogP contribution in [0.4, 0.5) is 4.79 Å². The van der Waals surface area contributed by atoms with Gasteiger partial charge in [-0.1, -0.05) is 0 Å². The summed E-state index contributed by atoms with van der Waals surface area (Å²) in [6.07, 6.45) is -0.655. The molecule has 0 unspecified atom stereocenters. The van der Waals surface area contributed by atoms with Gasteiger partial charge in [-0.05, 0) is 20.8 Å². The van der Waals surface area contributed by atoms with Crippen molar-refractivity contribution < 1.29 is 23.1 Å². The highest BCUT2D eigenvalue weighted by Crippen LogP contribution is 2.19. The van der Waals surface area contributed by atoms with Gasteiger partial charge in [-0.25, -0.2) is 13.2 Å². The zero-order valence-corrected chi connectivity index (χ0v) is 11.1. The summed E-state index contributed by atoms with van der Waals surface area (Å²) in [5, 5.41) is 11.5. The number of amides is 1. The number of nitrogens with one attached hydrogen (secondary N) is 1. The maximum atomic E-state index is 11.5. The predicted molar refractivity (Wildman–Crippen MR) is 62.4 cm³/mol. The lowest BCUT2D eigenvalue weighted by Gasteiger charge is -2.23. The summed E-state index contributed by atoms with van der Waals surface area (Å²) in [6, 6.07) is -0.570. The third-order valence-corrected chi connectivity index (χ3v) is 4.21. The Hall–Kier alpha value is -0.820. The molecule has 2 atom stereocenters. The van der Waals surface area contributed by atoms with Crippen LogP contribution in [0.1, 0.15) is 20.8 Å². The van der Waals surface area contributed by atoms with Crippen molar-refractivity contribution in [1.82, 2.24) is 5.32 Å². The van der Waals surface area contributed by atoms with Crippen LogP contribution >= 0.6 is 0 Å². The number of carbonyl (C=O) groups is 1. The standard InChI is InChI=1S/C10H19NO5S/c1-10(2,3)16-9(13)11-8-6-17(14,15)5-7(8)4-12/h7-8,12H,4-6H2,1-3H3,(H,11,13)/t7-,8-/m1/s1. The van der Waals surface area contributed by atoms with Crippen LogP contribution < -0.4 is 5.32 Å². The van der Waals surface area contributed by atoms with E-state index in [1.165, 1.54) is 0 Å². The summed E-state index contributed by atoms with van der Waals surface area (Å²) in [5.74, 6) is -0.686. The lowest BCUT2D eigenvalue weighted by atomic mass is 10.1. The number of sulfone groups is 1. The third kappa shape index (κ3) is 4.51. The molecule has 0 spiro atoms. The van der Waals surface area contributed by atoms with Crippen LogP contribution in [-0.4, -0.2) is 49.4 Å². The molecule has 1 heterocycles. The Labute approximate surface area is 101 Å². The fraction of sp³-hybridized carbons (Fsp3) is 0.900. The number of carbonyl (C=O) groups excluding carboxylic acids is 1. The summed E-state index contributed by atoms with van der Waals surface area (Å²) in [4.78, 5) is 11.5. The SMILES string of the molecule is CC(C)(C)OC(=O)N[C@@H]1CS(=O)(=O)C[C@H]1CO. The Morgan fingerprint density at radius 2 is 2.00 bits per heavy atom. The smallest absolute Gasteiger partial charge is 0.407 e. The molecule has 0 radical (unpaired) electrons. The van der Waals surface area contributed by atoms with Gasteiger partial charge >= 0.3 is 6.09 Å². The van der Waals surface area contributed by atoms with Gasteiger partial charge in [0.25, 0.3) is 0 Å². The Morgan fingerprint density at radius 1 is 1.41 bits per heavy atom. The molecule has 0 aromatic heterocycles. The van der Waals surface area contributed by atoms with E-state index >= 15 is 0 Å². The van der Waals surface area contributed by atoms with Crippen molar-refractivity contribution in [3.05, 3.63) is 0 Å². The summed E-state index contributed by atoms with van der Waals surface area (Å²) in [7, 11) is -3.18. The first-order valence-electron chi connectivity index (χ1n) is 5.44. The normalized spacial score (nSPS) is 27.8. The molecule has 7 heteroatoms. The Bertz CT molecular complexity index is 384. The van der Waals surface area contributed by atoms with Crippen LogP contribution in [0, 0.1) is 5.92 Å². The van der Waals surface area contributed by atoms with E-state index in [2.05, 4.69) is 5.32 Å². The van der Waals surface area contributed by atoms with Crippen LogP contribution in [0.3, 0.4) is 0 Å². The van der Waals surface area contributed by atoms with E-state index in [1.54, 1.807) is 20.8 Å². The molecule has 100 valence electrons. The zero-order chi connectivity index (χ0) is 13.3. The summed E-state index contributed by atoms with van der Waals surface area (Å²) < 4.78 is 27.8. The number of hydrogen-bond acceptors (Lipinski definition) is 5. The zero-order valence-electron chi connectivity index (χ0n) is 10.3. The highest BCUT2D eigenvalue weighted by Gasteiger charge is 2.38. The fourth-order valence-electron chi connectivity index (χ4n) is 1.72.